The Morgan fingerprint density at radius 1 is 1.41 bits per heavy atom. The van der Waals surface area contributed by atoms with Crippen LogP contribution in [0.5, 0.6) is 0 Å². The molecule has 3 heterocycles. The zero-order valence-corrected chi connectivity index (χ0v) is 16.2. The van der Waals surface area contributed by atoms with Gasteiger partial charge in [-0.3, -0.25) is 9.59 Å². The first kappa shape index (κ1) is 19.4. The van der Waals surface area contributed by atoms with E-state index in [1.165, 1.54) is 6.08 Å². The number of hydrogen-bond donors (Lipinski definition) is 0. The van der Waals surface area contributed by atoms with E-state index in [2.05, 4.69) is 6.58 Å². The third-order valence-electron chi connectivity index (χ3n) is 5.38. The van der Waals surface area contributed by atoms with E-state index in [0.717, 1.165) is 0 Å². The van der Waals surface area contributed by atoms with Crippen LogP contribution in [-0.2, 0) is 28.6 Å². The lowest BCUT2D eigenvalue weighted by molar-refractivity contribution is -0.157. The standard InChI is InChI=1S/C21H26O6/c1-11(2)6-7-18(23)25-16-10-21(5)17(22)9-14(27-21)12(3)8-15-19(16)13(4)20(24)26-15/h8-9,11,15-16,19H,4,6-7,10H2,1-3,5H3/b12-8-/t15-,16-,19+,21-/m1/s1. The number of esters is 2. The monoisotopic (exact) mass is 374 g/mol. The molecule has 0 aromatic carbocycles. The number of allylic oxidation sites excluding steroid dienone is 1. The molecule has 0 spiro atoms. The molecular weight excluding hydrogens is 348 g/mol. The highest BCUT2D eigenvalue weighted by Gasteiger charge is 2.51. The summed E-state index contributed by atoms with van der Waals surface area (Å²) in [5.74, 6) is -0.752. The molecular formula is C21H26O6. The summed E-state index contributed by atoms with van der Waals surface area (Å²) in [5, 5.41) is 0. The van der Waals surface area contributed by atoms with Crippen molar-refractivity contribution in [1.82, 2.24) is 0 Å². The quantitative estimate of drug-likeness (QED) is 0.556. The van der Waals surface area contributed by atoms with Crippen LogP contribution in [0.2, 0.25) is 0 Å². The molecule has 0 aromatic heterocycles. The minimum atomic E-state index is -1.14. The van der Waals surface area contributed by atoms with Crippen molar-refractivity contribution in [2.24, 2.45) is 11.8 Å². The van der Waals surface area contributed by atoms with Gasteiger partial charge in [0.05, 0.1) is 5.92 Å². The van der Waals surface area contributed by atoms with Crippen LogP contribution in [0, 0.1) is 11.8 Å². The molecule has 1 fully saturated rings. The van der Waals surface area contributed by atoms with Crippen molar-refractivity contribution in [3.63, 3.8) is 0 Å². The molecule has 3 rings (SSSR count). The lowest BCUT2D eigenvalue weighted by Gasteiger charge is -2.31. The molecule has 4 atom stereocenters. The fraction of sp³-hybridized carbons (Fsp3) is 0.571. The van der Waals surface area contributed by atoms with Crippen molar-refractivity contribution in [2.45, 2.75) is 64.8 Å². The van der Waals surface area contributed by atoms with Gasteiger partial charge in [-0.25, -0.2) is 4.79 Å². The fourth-order valence-corrected chi connectivity index (χ4v) is 3.70. The minimum absolute atomic E-state index is 0.136. The second kappa shape index (κ2) is 6.98. The maximum Gasteiger partial charge on any atom is 0.334 e. The lowest BCUT2D eigenvalue weighted by Crippen LogP contribution is -2.42. The Kier molecular flexibility index (Phi) is 5.02. The summed E-state index contributed by atoms with van der Waals surface area (Å²) in [5.41, 5.74) is -0.182. The molecule has 0 saturated carbocycles. The molecule has 3 aliphatic heterocycles. The highest BCUT2D eigenvalue weighted by atomic mass is 16.6. The van der Waals surface area contributed by atoms with Crippen LogP contribution < -0.4 is 0 Å². The highest BCUT2D eigenvalue weighted by Crippen LogP contribution is 2.42. The summed E-state index contributed by atoms with van der Waals surface area (Å²) < 4.78 is 17.1. The second-order valence-electron chi connectivity index (χ2n) is 8.14. The van der Waals surface area contributed by atoms with E-state index in [0.29, 0.717) is 23.7 Å². The van der Waals surface area contributed by atoms with Crippen LogP contribution >= 0.6 is 0 Å². The molecule has 0 amide bonds. The normalized spacial score (nSPS) is 34.6. The van der Waals surface area contributed by atoms with E-state index in [1.54, 1.807) is 19.9 Å². The molecule has 2 bridgehead atoms. The third kappa shape index (κ3) is 3.70. The number of hydrogen-bond acceptors (Lipinski definition) is 6. The van der Waals surface area contributed by atoms with Gasteiger partial charge < -0.3 is 14.2 Å². The Hall–Kier alpha value is -2.37. The number of fused-ring (bicyclic) bond motifs is 3. The van der Waals surface area contributed by atoms with Crippen molar-refractivity contribution in [3.05, 3.63) is 35.6 Å². The van der Waals surface area contributed by atoms with Gasteiger partial charge in [-0.15, -0.1) is 0 Å². The number of ketones is 1. The van der Waals surface area contributed by atoms with Crippen LogP contribution in [0.3, 0.4) is 0 Å². The molecule has 3 aliphatic rings. The summed E-state index contributed by atoms with van der Waals surface area (Å²) in [6.07, 6.45) is 2.97. The predicted molar refractivity (Wildman–Crippen MR) is 97.4 cm³/mol. The van der Waals surface area contributed by atoms with Crippen molar-refractivity contribution in [2.75, 3.05) is 0 Å². The highest BCUT2D eigenvalue weighted by molar-refractivity contribution is 6.00. The van der Waals surface area contributed by atoms with Crippen molar-refractivity contribution in [1.29, 1.82) is 0 Å². The molecule has 0 aliphatic carbocycles. The molecule has 27 heavy (non-hydrogen) atoms. The summed E-state index contributed by atoms with van der Waals surface area (Å²) in [7, 11) is 0. The smallest absolute Gasteiger partial charge is 0.334 e. The van der Waals surface area contributed by atoms with Crippen LogP contribution in [-0.4, -0.2) is 35.5 Å². The van der Waals surface area contributed by atoms with Gasteiger partial charge in [0.2, 0.25) is 5.78 Å². The second-order valence-corrected chi connectivity index (χ2v) is 8.14. The molecule has 0 radical (unpaired) electrons. The molecule has 0 aromatic rings. The van der Waals surface area contributed by atoms with Crippen molar-refractivity contribution < 1.29 is 28.6 Å². The zero-order chi connectivity index (χ0) is 19.9. The third-order valence-corrected chi connectivity index (χ3v) is 5.38. The summed E-state index contributed by atoms with van der Waals surface area (Å²) in [4.78, 5) is 37.1. The number of carbonyl (C=O) groups is 3. The van der Waals surface area contributed by atoms with E-state index >= 15 is 0 Å². The van der Waals surface area contributed by atoms with Gasteiger partial charge in [0.25, 0.3) is 0 Å². The van der Waals surface area contributed by atoms with Crippen LogP contribution in [0.15, 0.2) is 35.6 Å². The predicted octanol–water partition coefficient (Wildman–Crippen LogP) is 3.02. The summed E-state index contributed by atoms with van der Waals surface area (Å²) in [6, 6.07) is 0. The first-order valence-electron chi connectivity index (χ1n) is 9.34. The maximum atomic E-state index is 12.5. The first-order valence-corrected chi connectivity index (χ1v) is 9.34. The topological polar surface area (TPSA) is 78.9 Å². The van der Waals surface area contributed by atoms with Crippen LogP contribution in [0.4, 0.5) is 0 Å². The zero-order valence-electron chi connectivity index (χ0n) is 16.2. The molecule has 0 N–H and O–H groups in total. The number of carbonyl (C=O) groups excluding carboxylic acids is 3. The van der Waals surface area contributed by atoms with Crippen LogP contribution in [0.1, 0.15) is 47.0 Å². The van der Waals surface area contributed by atoms with E-state index in [9.17, 15) is 14.4 Å². The Morgan fingerprint density at radius 3 is 2.78 bits per heavy atom. The van der Waals surface area contributed by atoms with Gasteiger partial charge in [0, 0.05) is 24.5 Å². The SMILES string of the molecule is C=C1C(=O)O[C@@H]2/C=C(/C)C3=CC(=O)[C@@](C)(C[C@@H](OC(=O)CCC(C)C)[C@@H]12)O3. The summed E-state index contributed by atoms with van der Waals surface area (Å²) in [6.45, 7) is 11.4. The van der Waals surface area contributed by atoms with Crippen molar-refractivity contribution in [3.8, 4) is 0 Å². The van der Waals surface area contributed by atoms with E-state index in [-0.39, 0.29) is 30.2 Å². The minimum Gasteiger partial charge on any atom is -0.479 e. The fourth-order valence-electron chi connectivity index (χ4n) is 3.70. The van der Waals surface area contributed by atoms with Gasteiger partial charge in [-0.2, -0.15) is 0 Å². The number of rotatable bonds is 4. The molecule has 6 heteroatoms. The van der Waals surface area contributed by atoms with Gasteiger partial charge in [-0.1, -0.05) is 20.4 Å². The average molecular weight is 374 g/mol. The van der Waals surface area contributed by atoms with Gasteiger partial charge in [-0.05, 0) is 37.8 Å². The Balaban J connectivity index is 1.94. The molecule has 6 nitrogen and oxygen atoms in total. The van der Waals surface area contributed by atoms with Crippen molar-refractivity contribution >= 4 is 17.7 Å². The Labute approximate surface area is 159 Å². The Morgan fingerprint density at radius 2 is 2.11 bits per heavy atom. The number of ether oxygens (including phenoxy) is 3. The van der Waals surface area contributed by atoms with E-state index < -0.39 is 29.7 Å². The van der Waals surface area contributed by atoms with Gasteiger partial charge in [0.1, 0.15) is 18.0 Å². The van der Waals surface area contributed by atoms with E-state index in [4.69, 9.17) is 14.2 Å². The van der Waals surface area contributed by atoms with Gasteiger partial charge >= 0.3 is 11.9 Å². The maximum absolute atomic E-state index is 12.5. The van der Waals surface area contributed by atoms with E-state index in [1.807, 2.05) is 13.8 Å². The average Bonchev–Trinajstić information content (AvgIpc) is 3.02. The van der Waals surface area contributed by atoms with Crippen LogP contribution in [0.25, 0.3) is 0 Å². The summed E-state index contributed by atoms with van der Waals surface area (Å²) >= 11 is 0. The molecule has 146 valence electrons. The van der Waals surface area contributed by atoms with Gasteiger partial charge in [0.15, 0.2) is 5.60 Å². The first-order chi connectivity index (χ1) is 12.6. The largest absolute Gasteiger partial charge is 0.479 e. The molecule has 1 saturated heterocycles. The lowest BCUT2D eigenvalue weighted by atomic mass is 9.82. The Bertz CT molecular complexity index is 759. The molecule has 0 unspecified atom stereocenters.